The summed E-state index contributed by atoms with van der Waals surface area (Å²) in [5.74, 6) is 2.49. The molecule has 4 heteroatoms. The van der Waals surface area contributed by atoms with Gasteiger partial charge in [-0.05, 0) is 68.7 Å². The minimum Gasteiger partial charge on any atom is -0.497 e. The van der Waals surface area contributed by atoms with Gasteiger partial charge in [0.1, 0.15) is 11.5 Å². The molecule has 150 valence electrons. The average molecular weight is 367 g/mol. The zero-order valence-corrected chi connectivity index (χ0v) is 17.0. The number of hydrogen-bond donors (Lipinski definition) is 0. The molecule has 0 aliphatic rings. The first-order valence-electron chi connectivity index (χ1n) is 10.1. The van der Waals surface area contributed by atoms with Gasteiger partial charge >= 0.3 is 0 Å². The van der Waals surface area contributed by atoms with Crippen molar-refractivity contribution in [2.45, 2.75) is 58.8 Å². The maximum Gasteiger partial charge on any atom is 0.119 e. The van der Waals surface area contributed by atoms with Crippen LogP contribution >= 0.6 is 0 Å². The Labute approximate surface area is 160 Å². The van der Waals surface area contributed by atoms with Gasteiger partial charge < -0.3 is 18.9 Å². The van der Waals surface area contributed by atoms with Gasteiger partial charge in [0.2, 0.25) is 0 Å². The Morgan fingerprint density at radius 1 is 0.654 bits per heavy atom. The van der Waals surface area contributed by atoms with Crippen LogP contribution in [0.4, 0.5) is 0 Å². The summed E-state index contributed by atoms with van der Waals surface area (Å²) in [4.78, 5) is 0. The minimum atomic E-state index is 0.729. The highest BCUT2D eigenvalue weighted by Gasteiger charge is 1.97. The summed E-state index contributed by atoms with van der Waals surface area (Å²) in [6.07, 6.45) is 7.94. The van der Waals surface area contributed by atoms with Crippen molar-refractivity contribution >= 4 is 0 Å². The SMILES string of the molecule is COc1ccc(OCCCCCCOCCCCOCCC(C)C)cc1. The van der Waals surface area contributed by atoms with E-state index in [0.717, 1.165) is 82.6 Å². The van der Waals surface area contributed by atoms with Crippen LogP contribution in [0.25, 0.3) is 0 Å². The monoisotopic (exact) mass is 366 g/mol. The Morgan fingerprint density at radius 3 is 1.73 bits per heavy atom. The second kappa shape index (κ2) is 16.0. The van der Waals surface area contributed by atoms with Crippen LogP contribution < -0.4 is 9.47 Å². The second-order valence-electron chi connectivity index (χ2n) is 7.05. The van der Waals surface area contributed by atoms with Gasteiger partial charge in [0.25, 0.3) is 0 Å². The van der Waals surface area contributed by atoms with Crippen LogP contribution in [-0.4, -0.2) is 40.1 Å². The fourth-order valence-corrected chi connectivity index (χ4v) is 2.45. The Balaban J connectivity index is 1.78. The lowest BCUT2D eigenvalue weighted by atomic mass is 10.1. The van der Waals surface area contributed by atoms with E-state index in [2.05, 4.69) is 13.8 Å². The van der Waals surface area contributed by atoms with Gasteiger partial charge in [-0.2, -0.15) is 0 Å². The molecule has 0 saturated carbocycles. The van der Waals surface area contributed by atoms with Crippen LogP contribution in [0.15, 0.2) is 24.3 Å². The van der Waals surface area contributed by atoms with Crippen molar-refractivity contribution in [1.29, 1.82) is 0 Å². The summed E-state index contributed by atoms with van der Waals surface area (Å²) in [6.45, 7) is 8.70. The van der Waals surface area contributed by atoms with Gasteiger partial charge in [0, 0.05) is 26.4 Å². The molecule has 0 unspecified atom stereocenters. The molecule has 0 saturated heterocycles. The highest BCUT2D eigenvalue weighted by Crippen LogP contribution is 2.17. The molecule has 0 aliphatic carbocycles. The topological polar surface area (TPSA) is 36.9 Å². The van der Waals surface area contributed by atoms with E-state index in [9.17, 15) is 0 Å². The smallest absolute Gasteiger partial charge is 0.119 e. The summed E-state index contributed by atoms with van der Waals surface area (Å²) in [5, 5.41) is 0. The lowest BCUT2D eigenvalue weighted by Gasteiger charge is -2.08. The molecule has 4 nitrogen and oxygen atoms in total. The lowest BCUT2D eigenvalue weighted by molar-refractivity contribution is 0.0963. The minimum absolute atomic E-state index is 0.729. The van der Waals surface area contributed by atoms with Crippen LogP contribution in [0.3, 0.4) is 0 Å². The molecule has 1 aromatic carbocycles. The zero-order chi connectivity index (χ0) is 18.9. The molecule has 0 fully saturated rings. The predicted octanol–water partition coefficient (Wildman–Crippen LogP) is 5.49. The molecule has 0 spiro atoms. The summed E-state index contributed by atoms with van der Waals surface area (Å²) in [6, 6.07) is 7.74. The van der Waals surface area contributed by atoms with Crippen LogP contribution in [0.5, 0.6) is 11.5 Å². The molecular formula is C22H38O4. The molecule has 0 aromatic heterocycles. The quantitative estimate of drug-likeness (QED) is 0.341. The second-order valence-corrected chi connectivity index (χ2v) is 7.05. The number of rotatable bonds is 17. The molecule has 0 bridgehead atoms. The van der Waals surface area contributed by atoms with Gasteiger partial charge in [0.05, 0.1) is 13.7 Å². The molecule has 1 rings (SSSR count). The van der Waals surface area contributed by atoms with Crippen molar-refractivity contribution < 1.29 is 18.9 Å². The van der Waals surface area contributed by atoms with Crippen LogP contribution in [0, 0.1) is 5.92 Å². The molecule has 0 radical (unpaired) electrons. The zero-order valence-electron chi connectivity index (χ0n) is 17.0. The van der Waals surface area contributed by atoms with Crippen LogP contribution in [0.2, 0.25) is 0 Å². The van der Waals surface area contributed by atoms with E-state index in [4.69, 9.17) is 18.9 Å². The van der Waals surface area contributed by atoms with Gasteiger partial charge in [-0.25, -0.2) is 0 Å². The van der Waals surface area contributed by atoms with E-state index in [1.165, 1.54) is 12.8 Å². The van der Waals surface area contributed by atoms with Crippen molar-refractivity contribution in [3.63, 3.8) is 0 Å². The first kappa shape index (κ1) is 22.8. The summed E-state index contributed by atoms with van der Waals surface area (Å²) in [5.41, 5.74) is 0. The number of ether oxygens (including phenoxy) is 4. The third-order valence-electron chi connectivity index (χ3n) is 4.18. The first-order valence-corrected chi connectivity index (χ1v) is 10.1. The standard InChI is InChI=1S/C22H38O4/c1-20(2)14-19-25-17-9-8-16-24-15-6-4-5-7-18-26-22-12-10-21(23-3)11-13-22/h10-13,20H,4-9,14-19H2,1-3H3. The summed E-state index contributed by atoms with van der Waals surface area (Å²) >= 11 is 0. The highest BCUT2D eigenvalue weighted by molar-refractivity contribution is 5.31. The van der Waals surface area contributed by atoms with E-state index >= 15 is 0 Å². The maximum atomic E-state index is 5.72. The Bertz CT molecular complexity index is 417. The average Bonchev–Trinajstić information content (AvgIpc) is 2.65. The van der Waals surface area contributed by atoms with E-state index < -0.39 is 0 Å². The van der Waals surface area contributed by atoms with E-state index in [0.29, 0.717) is 0 Å². The molecule has 0 aliphatic heterocycles. The fraction of sp³-hybridized carbons (Fsp3) is 0.727. The normalized spacial score (nSPS) is 11.1. The predicted molar refractivity (Wildman–Crippen MR) is 107 cm³/mol. The summed E-state index contributed by atoms with van der Waals surface area (Å²) < 4.78 is 22.1. The molecule has 0 heterocycles. The van der Waals surface area contributed by atoms with Crippen molar-refractivity contribution in [2.75, 3.05) is 40.1 Å². The van der Waals surface area contributed by atoms with E-state index in [1.807, 2.05) is 24.3 Å². The van der Waals surface area contributed by atoms with Gasteiger partial charge in [-0.15, -0.1) is 0 Å². The Kier molecular flexibility index (Phi) is 14.0. The van der Waals surface area contributed by atoms with Gasteiger partial charge in [-0.3, -0.25) is 0 Å². The number of benzene rings is 1. The van der Waals surface area contributed by atoms with Gasteiger partial charge in [-0.1, -0.05) is 20.3 Å². The van der Waals surface area contributed by atoms with Crippen molar-refractivity contribution in [1.82, 2.24) is 0 Å². The van der Waals surface area contributed by atoms with Gasteiger partial charge in [0.15, 0.2) is 0 Å². The van der Waals surface area contributed by atoms with E-state index in [-0.39, 0.29) is 0 Å². The fourth-order valence-electron chi connectivity index (χ4n) is 2.45. The molecule has 1 aromatic rings. The third-order valence-corrected chi connectivity index (χ3v) is 4.18. The molecule has 0 amide bonds. The highest BCUT2D eigenvalue weighted by atomic mass is 16.5. The largest absolute Gasteiger partial charge is 0.497 e. The Morgan fingerprint density at radius 2 is 1.15 bits per heavy atom. The molecule has 0 N–H and O–H groups in total. The maximum absolute atomic E-state index is 5.72. The van der Waals surface area contributed by atoms with Crippen LogP contribution in [-0.2, 0) is 9.47 Å². The number of methoxy groups -OCH3 is 1. The first-order chi connectivity index (χ1) is 12.7. The van der Waals surface area contributed by atoms with Crippen LogP contribution in [0.1, 0.15) is 58.8 Å². The van der Waals surface area contributed by atoms with Crippen molar-refractivity contribution in [3.8, 4) is 11.5 Å². The number of hydrogen-bond acceptors (Lipinski definition) is 4. The Hall–Kier alpha value is -1.26. The molecular weight excluding hydrogens is 328 g/mol. The summed E-state index contributed by atoms with van der Waals surface area (Å²) in [7, 11) is 1.67. The van der Waals surface area contributed by atoms with Crippen molar-refractivity contribution in [2.24, 2.45) is 5.92 Å². The van der Waals surface area contributed by atoms with E-state index in [1.54, 1.807) is 7.11 Å². The molecule has 0 atom stereocenters. The molecule has 26 heavy (non-hydrogen) atoms. The third kappa shape index (κ3) is 13.0. The number of unbranched alkanes of at least 4 members (excludes halogenated alkanes) is 4. The van der Waals surface area contributed by atoms with Crippen molar-refractivity contribution in [3.05, 3.63) is 24.3 Å². The lowest BCUT2D eigenvalue weighted by Crippen LogP contribution is -2.03.